The summed E-state index contributed by atoms with van der Waals surface area (Å²) in [6.45, 7) is 6.21. The maximum atomic E-state index is 12.3. The van der Waals surface area contributed by atoms with Crippen LogP contribution in [0, 0.1) is 0 Å². The fourth-order valence-corrected chi connectivity index (χ4v) is 2.25. The van der Waals surface area contributed by atoms with Gasteiger partial charge in [-0.1, -0.05) is 26.8 Å². The normalized spacial score (nSPS) is 11.8. The summed E-state index contributed by atoms with van der Waals surface area (Å²) < 4.78 is 1.24. The van der Waals surface area contributed by atoms with Gasteiger partial charge in [-0.15, -0.1) is 0 Å². The summed E-state index contributed by atoms with van der Waals surface area (Å²) >= 11 is 0. The molecule has 2 heterocycles. The Bertz CT molecular complexity index is 963. The number of hydrogen-bond acceptors (Lipinski definition) is 4. The highest BCUT2D eigenvalue weighted by atomic mass is 16.4. The highest BCUT2D eigenvalue weighted by Crippen LogP contribution is 2.24. The highest BCUT2D eigenvalue weighted by Gasteiger charge is 2.16. The Labute approximate surface area is 131 Å². The zero-order valence-electron chi connectivity index (χ0n) is 13.0. The molecule has 0 amide bonds. The quantitative estimate of drug-likeness (QED) is 0.754. The van der Waals surface area contributed by atoms with E-state index in [0.717, 1.165) is 5.56 Å². The van der Waals surface area contributed by atoms with Gasteiger partial charge in [0.1, 0.15) is 0 Å². The molecule has 2 aromatic heterocycles. The number of rotatable bonds is 2. The Morgan fingerprint density at radius 2 is 2.04 bits per heavy atom. The maximum absolute atomic E-state index is 12.3. The topological polar surface area (TPSA) is 101 Å². The molecule has 118 valence electrons. The summed E-state index contributed by atoms with van der Waals surface area (Å²) in [7, 11) is 0. The molecule has 0 saturated carbocycles. The summed E-state index contributed by atoms with van der Waals surface area (Å²) in [5, 5.41) is 13.3. The zero-order chi connectivity index (χ0) is 16.8. The zero-order valence-corrected chi connectivity index (χ0v) is 13.0. The molecule has 2 N–H and O–H groups in total. The second-order valence-corrected chi connectivity index (χ2v) is 6.35. The SMILES string of the molecule is CC(C)(C)c1ccc2nc(-n3cc(C(=O)O)cn3)[nH]c(=O)c2c1. The molecule has 0 fully saturated rings. The number of nitrogens with zero attached hydrogens (tertiary/aromatic N) is 3. The molecule has 0 radical (unpaired) electrons. The van der Waals surface area contributed by atoms with Gasteiger partial charge in [-0.25, -0.2) is 14.5 Å². The second kappa shape index (κ2) is 5.05. The summed E-state index contributed by atoms with van der Waals surface area (Å²) in [5.41, 5.74) is 1.23. The van der Waals surface area contributed by atoms with E-state index in [1.165, 1.54) is 17.1 Å². The minimum Gasteiger partial charge on any atom is -0.478 e. The van der Waals surface area contributed by atoms with Gasteiger partial charge in [-0.05, 0) is 23.1 Å². The van der Waals surface area contributed by atoms with E-state index in [9.17, 15) is 9.59 Å². The van der Waals surface area contributed by atoms with Gasteiger partial charge in [0.15, 0.2) is 0 Å². The molecule has 23 heavy (non-hydrogen) atoms. The van der Waals surface area contributed by atoms with Crippen molar-refractivity contribution in [3.63, 3.8) is 0 Å². The summed E-state index contributed by atoms with van der Waals surface area (Å²) in [4.78, 5) is 30.2. The molecular weight excluding hydrogens is 296 g/mol. The van der Waals surface area contributed by atoms with E-state index in [1.54, 1.807) is 6.07 Å². The van der Waals surface area contributed by atoms with Crippen LogP contribution in [0.5, 0.6) is 0 Å². The molecule has 7 heteroatoms. The van der Waals surface area contributed by atoms with Gasteiger partial charge in [-0.3, -0.25) is 9.78 Å². The van der Waals surface area contributed by atoms with Crippen LogP contribution in [0.2, 0.25) is 0 Å². The Balaban J connectivity index is 2.15. The van der Waals surface area contributed by atoms with E-state index in [-0.39, 0.29) is 22.5 Å². The molecule has 0 atom stereocenters. The van der Waals surface area contributed by atoms with E-state index in [2.05, 4.69) is 35.8 Å². The van der Waals surface area contributed by atoms with Crippen LogP contribution >= 0.6 is 0 Å². The average Bonchev–Trinajstić information content (AvgIpc) is 2.96. The smallest absolute Gasteiger partial charge is 0.338 e. The van der Waals surface area contributed by atoms with Crippen LogP contribution in [0.1, 0.15) is 36.7 Å². The van der Waals surface area contributed by atoms with Gasteiger partial charge >= 0.3 is 5.97 Å². The second-order valence-electron chi connectivity index (χ2n) is 6.35. The van der Waals surface area contributed by atoms with Crippen molar-refractivity contribution >= 4 is 16.9 Å². The van der Waals surface area contributed by atoms with Crippen LogP contribution in [0.4, 0.5) is 0 Å². The lowest BCUT2D eigenvalue weighted by Crippen LogP contribution is -2.16. The number of aromatic nitrogens is 4. The van der Waals surface area contributed by atoms with Gasteiger partial charge in [0.25, 0.3) is 5.56 Å². The number of carboxylic acids is 1. The third-order valence-corrected chi connectivity index (χ3v) is 3.61. The summed E-state index contributed by atoms with van der Waals surface area (Å²) in [6, 6.07) is 5.55. The lowest BCUT2D eigenvalue weighted by molar-refractivity contribution is 0.0697. The highest BCUT2D eigenvalue weighted by molar-refractivity contribution is 5.87. The van der Waals surface area contributed by atoms with Crippen molar-refractivity contribution in [3.05, 3.63) is 52.1 Å². The number of hydrogen-bond donors (Lipinski definition) is 2. The first-order valence-electron chi connectivity index (χ1n) is 7.08. The lowest BCUT2D eigenvalue weighted by Gasteiger charge is -2.19. The molecule has 3 rings (SSSR count). The first kappa shape index (κ1) is 15.0. The molecule has 7 nitrogen and oxygen atoms in total. The Hall–Kier alpha value is -2.96. The fourth-order valence-electron chi connectivity index (χ4n) is 2.25. The molecule has 0 aliphatic carbocycles. The van der Waals surface area contributed by atoms with E-state index in [1.807, 2.05) is 12.1 Å². The first-order valence-corrected chi connectivity index (χ1v) is 7.08. The Morgan fingerprint density at radius 3 is 2.65 bits per heavy atom. The number of H-pyrrole nitrogens is 1. The Kier molecular flexibility index (Phi) is 3.28. The summed E-state index contributed by atoms with van der Waals surface area (Å²) in [6.07, 6.45) is 2.51. The number of benzene rings is 1. The minimum absolute atomic E-state index is 0.0239. The van der Waals surface area contributed by atoms with Crippen molar-refractivity contribution in [2.75, 3.05) is 0 Å². The third-order valence-electron chi connectivity index (χ3n) is 3.61. The average molecular weight is 312 g/mol. The van der Waals surface area contributed by atoms with Gasteiger partial charge < -0.3 is 5.11 Å². The third kappa shape index (κ3) is 2.73. The van der Waals surface area contributed by atoms with Crippen LogP contribution in [0.25, 0.3) is 16.9 Å². The van der Waals surface area contributed by atoms with Gasteiger partial charge in [-0.2, -0.15) is 5.10 Å². The largest absolute Gasteiger partial charge is 0.478 e. The minimum atomic E-state index is -1.09. The van der Waals surface area contributed by atoms with Gasteiger partial charge in [0.05, 0.1) is 22.7 Å². The molecule has 1 aromatic carbocycles. The number of aromatic carboxylic acids is 1. The van der Waals surface area contributed by atoms with Crippen molar-refractivity contribution in [1.82, 2.24) is 19.7 Å². The predicted octanol–water partition coefficient (Wildman–Crippen LogP) is 2.10. The van der Waals surface area contributed by atoms with Gasteiger partial charge in [0.2, 0.25) is 5.95 Å². The van der Waals surface area contributed by atoms with Crippen LogP contribution in [0.3, 0.4) is 0 Å². The van der Waals surface area contributed by atoms with E-state index >= 15 is 0 Å². The van der Waals surface area contributed by atoms with Crippen LogP contribution in [-0.4, -0.2) is 30.8 Å². The molecule has 0 aliphatic heterocycles. The Morgan fingerprint density at radius 1 is 1.30 bits per heavy atom. The molecule has 0 saturated heterocycles. The van der Waals surface area contributed by atoms with Crippen molar-refractivity contribution in [2.45, 2.75) is 26.2 Å². The lowest BCUT2D eigenvalue weighted by atomic mass is 9.86. The number of carbonyl (C=O) groups is 1. The monoisotopic (exact) mass is 312 g/mol. The van der Waals surface area contributed by atoms with Crippen LogP contribution in [-0.2, 0) is 5.41 Å². The summed E-state index contributed by atoms with van der Waals surface area (Å²) in [5.74, 6) is -0.910. The van der Waals surface area contributed by atoms with Gasteiger partial charge in [0, 0.05) is 6.20 Å². The molecule has 0 aliphatic rings. The van der Waals surface area contributed by atoms with Crippen molar-refractivity contribution in [2.24, 2.45) is 0 Å². The standard InChI is InChI=1S/C16H16N4O3/c1-16(2,3)10-4-5-12-11(6-10)13(21)19-15(18-12)20-8-9(7-17-20)14(22)23/h4-8H,1-3H3,(H,22,23)(H,18,19,21). The molecule has 0 spiro atoms. The predicted molar refractivity (Wildman–Crippen MR) is 85.1 cm³/mol. The first-order chi connectivity index (χ1) is 10.8. The fraction of sp³-hybridized carbons (Fsp3) is 0.250. The van der Waals surface area contributed by atoms with Crippen molar-refractivity contribution in [3.8, 4) is 5.95 Å². The van der Waals surface area contributed by atoms with E-state index in [0.29, 0.717) is 10.9 Å². The maximum Gasteiger partial charge on any atom is 0.338 e. The number of fused-ring (bicyclic) bond motifs is 1. The van der Waals surface area contributed by atoms with Crippen LogP contribution < -0.4 is 5.56 Å². The number of aromatic amines is 1. The number of nitrogens with one attached hydrogen (secondary N) is 1. The molecular formula is C16H16N4O3. The molecule has 0 bridgehead atoms. The van der Waals surface area contributed by atoms with Crippen molar-refractivity contribution < 1.29 is 9.90 Å². The van der Waals surface area contributed by atoms with Crippen LogP contribution in [0.15, 0.2) is 35.4 Å². The van der Waals surface area contributed by atoms with E-state index in [4.69, 9.17) is 5.11 Å². The van der Waals surface area contributed by atoms with E-state index < -0.39 is 5.97 Å². The molecule has 0 unspecified atom stereocenters. The molecule has 3 aromatic rings. The van der Waals surface area contributed by atoms with Crippen molar-refractivity contribution in [1.29, 1.82) is 0 Å². The number of carboxylic acid groups (broad SMARTS) is 1.